The van der Waals surface area contributed by atoms with Gasteiger partial charge in [0.1, 0.15) is 0 Å². The van der Waals surface area contributed by atoms with Crippen LogP contribution < -0.4 is 10.1 Å². The van der Waals surface area contributed by atoms with Crippen LogP contribution in [0.5, 0.6) is 5.75 Å². The van der Waals surface area contributed by atoms with Crippen molar-refractivity contribution in [3.63, 3.8) is 0 Å². The van der Waals surface area contributed by atoms with Gasteiger partial charge in [-0.25, -0.2) is 4.39 Å². The van der Waals surface area contributed by atoms with E-state index in [0.29, 0.717) is 18.4 Å². The molecule has 1 aliphatic heterocycles. The van der Waals surface area contributed by atoms with Gasteiger partial charge in [-0.15, -0.1) is 0 Å². The van der Waals surface area contributed by atoms with Crippen LogP contribution in [0.3, 0.4) is 0 Å². The highest BCUT2D eigenvalue weighted by Crippen LogP contribution is 2.26. The van der Waals surface area contributed by atoms with E-state index >= 15 is 0 Å². The molecule has 1 fully saturated rings. The Kier molecular flexibility index (Phi) is 5.56. The smallest absolute Gasteiger partial charge is 0.257 e. The lowest BCUT2D eigenvalue weighted by molar-refractivity contribution is -0.123. The maximum atomic E-state index is 13.3. The number of hydrogen-bond donors (Lipinski definition) is 1. The second-order valence-electron chi connectivity index (χ2n) is 5.65. The van der Waals surface area contributed by atoms with Crippen LogP contribution in [0.1, 0.15) is 20.3 Å². The minimum Gasteiger partial charge on any atom is -0.481 e. The van der Waals surface area contributed by atoms with E-state index in [0.717, 1.165) is 13.0 Å². The third-order valence-corrected chi connectivity index (χ3v) is 3.68. The molecule has 1 aliphatic rings. The molecule has 2 rings (SSSR count). The molecule has 1 heterocycles. The monoisotopic (exact) mass is 295 g/mol. The van der Waals surface area contributed by atoms with Gasteiger partial charge < -0.3 is 14.8 Å². The van der Waals surface area contributed by atoms with Crippen molar-refractivity contribution in [3.05, 3.63) is 30.1 Å². The van der Waals surface area contributed by atoms with Crippen LogP contribution in [0.15, 0.2) is 24.3 Å². The van der Waals surface area contributed by atoms with Gasteiger partial charge in [0.15, 0.2) is 18.2 Å². The highest BCUT2D eigenvalue weighted by molar-refractivity contribution is 5.77. The maximum absolute atomic E-state index is 13.3. The number of rotatable bonds is 6. The number of carbonyl (C=O) groups excluding carboxylic acids is 1. The lowest BCUT2D eigenvalue weighted by Crippen LogP contribution is -2.37. The fourth-order valence-corrected chi connectivity index (χ4v) is 2.61. The maximum Gasteiger partial charge on any atom is 0.257 e. The molecule has 0 bridgehead atoms. The van der Waals surface area contributed by atoms with E-state index in [1.54, 1.807) is 12.1 Å². The van der Waals surface area contributed by atoms with E-state index in [1.165, 1.54) is 12.1 Å². The van der Waals surface area contributed by atoms with Crippen molar-refractivity contribution in [3.8, 4) is 5.75 Å². The van der Waals surface area contributed by atoms with Gasteiger partial charge in [0, 0.05) is 19.1 Å². The van der Waals surface area contributed by atoms with Crippen LogP contribution in [0.25, 0.3) is 0 Å². The van der Waals surface area contributed by atoms with Crippen molar-refractivity contribution in [1.29, 1.82) is 0 Å². The minimum absolute atomic E-state index is 0.0944. The number of halogens is 1. The largest absolute Gasteiger partial charge is 0.481 e. The quantitative estimate of drug-likeness (QED) is 0.876. The molecule has 1 aromatic rings. The van der Waals surface area contributed by atoms with Crippen molar-refractivity contribution in [2.24, 2.45) is 11.8 Å². The number of para-hydroxylation sites is 1. The molecule has 0 spiro atoms. The molecule has 0 saturated carbocycles. The van der Waals surface area contributed by atoms with E-state index in [2.05, 4.69) is 19.2 Å². The summed E-state index contributed by atoms with van der Waals surface area (Å²) in [6.45, 7) is 5.37. The minimum atomic E-state index is -0.464. The van der Waals surface area contributed by atoms with E-state index < -0.39 is 5.82 Å². The zero-order chi connectivity index (χ0) is 15.2. The number of nitrogens with one attached hydrogen (secondary N) is 1. The molecule has 1 N–H and O–H groups in total. The number of benzene rings is 1. The molecule has 1 saturated heterocycles. The summed E-state index contributed by atoms with van der Waals surface area (Å²) >= 11 is 0. The molecule has 5 heteroatoms. The zero-order valence-corrected chi connectivity index (χ0v) is 12.5. The van der Waals surface area contributed by atoms with Crippen LogP contribution in [0, 0.1) is 17.7 Å². The summed E-state index contributed by atoms with van der Waals surface area (Å²) in [6, 6.07) is 6.05. The first kappa shape index (κ1) is 15.8. The molecule has 1 amide bonds. The summed E-state index contributed by atoms with van der Waals surface area (Å²) in [5.41, 5.74) is 0. The number of amides is 1. The third kappa shape index (κ3) is 4.43. The van der Waals surface area contributed by atoms with Gasteiger partial charge in [-0.05, 0) is 24.5 Å². The predicted octanol–water partition coefficient (Wildman–Crippen LogP) is 2.38. The Labute approximate surface area is 124 Å². The first-order valence-corrected chi connectivity index (χ1v) is 7.33. The second kappa shape index (κ2) is 7.41. The van der Waals surface area contributed by atoms with Gasteiger partial charge in [0.2, 0.25) is 0 Å². The molecular formula is C16H22FNO3. The van der Waals surface area contributed by atoms with Crippen LogP contribution in [-0.2, 0) is 9.53 Å². The van der Waals surface area contributed by atoms with E-state index in [1.807, 2.05) is 0 Å². The first-order valence-electron chi connectivity index (χ1n) is 7.33. The Bertz CT molecular complexity index is 478. The normalized spacial score (nSPS) is 21.5. The lowest BCUT2D eigenvalue weighted by atomic mass is 9.93. The van der Waals surface area contributed by atoms with E-state index in [-0.39, 0.29) is 24.4 Å². The average molecular weight is 295 g/mol. The third-order valence-electron chi connectivity index (χ3n) is 3.68. The van der Waals surface area contributed by atoms with Crippen molar-refractivity contribution < 1.29 is 18.7 Å². The lowest BCUT2D eigenvalue weighted by Gasteiger charge is -2.22. The Morgan fingerprint density at radius 1 is 1.48 bits per heavy atom. The summed E-state index contributed by atoms with van der Waals surface area (Å²) < 4.78 is 24.2. The second-order valence-corrected chi connectivity index (χ2v) is 5.65. The Morgan fingerprint density at radius 2 is 2.24 bits per heavy atom. The van der Waals surface area contributed by atoms with Gasteiger partial charge in [0.05, 0.1) is 6.10 Å². The molecule has 21 heavy (non-hydrogen) atoms. The van der Waals surface area contributed by atoms with Crippen molar-refractivity contribution in [2.45, 2.75) is 26.4 Å². The van der Waals surface area contributed by atoms with Gasteiger partial charge >= 0.3 is 0 Å². The molecule has 0 unspecified atom stereocenters. The fourth-order valence-electron chi connectivity index (χ4n) is 2.61. The molecule has 0 radical (unpaired) electrons. The number of ether oxygens (including phenoxy) is 2. The van der Waals surface area contributed by atoms with Crippen molar-refractivity contribution >= 4 is 5.91 Å². The van der Waals surface area contributed by atoms with Crippen molar-refractivity contribution in [1.82, 2.24) is 5.32 Å². The van der Waals surface area contributed by atoms with E-state index in [4.69, 9.17) is 9.47 Å². The van der Waals surface area contributed by atoms with Crippen LogP contribution in [0.2, 0.25) is 0 Å². The number of hydrogen-bond acceptors (Lipinski definition) is 3. The van der Waals surface area contributed by atoms with Crippen LogP contribution in [-0.4, -0.2) is 31.8 Å². The Morgan fingerprint density at radius 3 is 2.95 bits per heavy atom. The summed E-state index contributed by atoms with van der Waals surface area (Å²) in [5, 5.41) is 2.83. The van der Waals surface area contributed by atoms with E-state index in [9.17, 15) is 9.18 Å². The molecule has 0 aromatic heterocycles. The Hall–Kier alpha value is -1.62. The molecule has 2 atom stereocenters. The summed E-state index contributed by atoms with van der Waals surface area (Å²) in [7, 11) is 0. The molecule has 1 aromatic carbocycles. The molecule has 116 valence electrons. The van der Waals surface area contributed by atoms with Gasteiger partial charge in [-0.3, -0.25) is 4.79 Å². The molecule has 0 aliphatic carbocycles. The predicted molar refractivity (Wildman–Crippen MR) is 77.6 cm³/mol. The molecular weight excluding hydrogens is 273 g/mol. The van der Waals surface area contributed by atoms with Crippen LogP contribution in [0.4, 0.5) is 4.39 Å². The zero-order valence-electron chi connectivity index (χ0n) is 12.5. The van der Waals surface area contributed by atoms with Gasteiger partial charge in [-0.2, -0.15) is 0 Å². The summed E-state index contributed by atoms with van der Waals surface area (Å²) in [6.07, 6.45) is 1.15. The highest BCUT2D eigenvalue weighted by Gasteiger charge is 2.30. The average Bonchev–Trinajstić information content (AvgIpc) is 2.93. The molecule has 4 nitrogen and oxygen atoms in total. The highest BCUT2D eigenvalue weighted by atomic mass is 19.1. The van der Waals surface area contributed by atoms with Gasteiger partial charge in [0.25, 0.3) is 5.91 Å². The topological polar surface area (TPSA) is 47.6 Å². The summed E-state index contributed by atoms with van der Waals surface area (Å²) in [4.78, 5) is 11.8. The first-order chi connectivity index (χ1) is 10.1. The standard InChI is InChI=1S/C16H22FNO3/c1-11(2)16-12(7-8-20-16)9-18-15(19)10-21-14-6-4-3-5-13(14)17/h3-6,11-12,16H,7-10H2,1-2H3,(H,18,19)/t12-,16+/m0/s1. The SMILES string of the molecule is CC(C)[C@H]1OCC[C@H]1CNC(=O)COc1ccccc1F. The Balaban J connectivity index is 1.74. The van der Waals surface area contributed by atoms with Gasteiger partial charge in [-0.1, -0.05) is 26.0 Å². The fraction of sp³-hybridized carbons (Fsp3) is 0.562. The van der Waals surface area contributed by atoms with Crippen LogP contribution >= 0.6 is 0 Å². The number of carbonyl (C=O) groups is 1. The van der Waals surface area contributed by atoms with Crippen molar-refractivity contribution in [2.75, 3.05) is 19.8 Å². The summed E-state index contributed by atoms with van der Waals surface area (Å²) in [5.74, 6) is 0.158.